The molecule has 0 amide bonds. The first-order chi connectivity index (χ1) is 6.12. The molecule has 0 aromatic rings. The van der Waals surface area contributed by atoms with E-state index in [1.165, 1.54) is 32.1 Å². The number of rotatable bonds is 4. The Kier molecular flexibility index (Phi) is 4.45. The Balaban J connectivity index is 2.21. The number of carboxylic acid groups (broad SMARTS) is 1. The van der Waals surface area contributed by atoms with Crippen LogP contribution < -0.4 is 5.32 Å². The van der Waals surface area contributed by atoms with Crippen LogP contribution in [0, 0.1) is 0 Å². The number of hydrogen-bond acceptors (Lipinski definition) is 2. The lowest BCUT2D eigenvalue weighted by Gasteiger charge is -2.31. The van der Waals surface area contributed by atoms with Crippen molar-refractivity contribution in [2.45, 2.75) is 35.5 Å². The first kappa shape index (κ1) is 11.2. The third-order valence-electron chi connectivity index (χ3n) is 2.47. The lowest BCUT2D eigenvalue weighted by molar-refractivity contribution is -0.135. The Labute approximate surface area is 92.4 Å². The highest BCUT2D eigenvalue weighted by molar-refractivity contribution is 14.1. The maximum Gasteiger partial charge on any atom is 0.317 e. The molecule has 76 valence electrons. The first-order valence-electron chi connectivity index (χ1n) is 4.74. The monoisotopic (exact) mass is 297 g/mol. The van der Waals surface area contributed by atoms with Crippen LogP contribution in [0.5, 0.6) is 0 Å². The fourth-order valence-electron chi connectivity index (χ4n) is 1.76. The molecule has 0 aliphatic heterocycles. The van der Waals surface area contributed by atoms with Gasteiger partial charge in [-0.25, -0.2) is 0 Å². The summed E-state index contributed by atoms with van der Waals surface area (Å²) in [6.07, 6.45) is 6.36. The van der Waals surface area contributed by atoms with Gasteiger partial charge < -0.3 is 10.4 Å². The van der Waals surface area contributed by atoms with E-state index < -0.39 is 5.97 Å². The number of alkyl halides is 1. The molecular weight excluding hydrogens is 281 g/mol. The van der Waals surface area contributed by atoms with Crippen LogP contribution in [-0.2, 0) is 4.79 Å². The fourth-order valence-corrected chi connectivity index (χ4v) is 2.79. The van der Waals surface area contributed by atoms with Gasteiger partial charge in [-0.3, -0.25) is 4.79 Å². The number of halogens is 1. The molecule has 0 heterocycles. The predicted molar refractivity (Wildman–Crippen MR) is 60.3 cm³/mol. The maximum atomic E-state index is 10.3. The van der Waals surface area contributed by atoms with Crippen molar-refractivity contribution in [2.75, 3.05) is 13.1 Å². The minimum Gasteiger partial charge on any atom is -0.480 e. The molecule has 0 spiro atoms. The second kappa shape index (κ2) is 5.14. The van der Waals surface area contributed by atoms with E-state index in [4.69, 9.17) is 5.11 Å². The Morgan fingerprint density at radius 1 is 1.38 bits per heavy atom. The molecule has 0 aromatic carbocycles. The van der Waals surface area contributed by atoms with E-state index in [0.717, 1.165) is 6.54 Å². The number of nitrogens with one attached hydrogen (secondary N) is 1. The second-order valence-corrected chi connectivity index (χ2v) is 6.00. The van der Waals surface area contributed by atoms with Crippen LogP contribution in [0.1, 0.15) is 32.1 Å². The highest BCUT2D eigenvalue weighted by Crippen LogP contribution is 2.35. The SMILES string of the molecule is O=C(O)CNCC1(I)CCCCC1. The number of carbonyl (C=O) groups is 1. The lowest BCUT2D eigenvalue weighted by atomic mass is 9.89. The molecule has 0 atom stereocenters. The zero-order chi connectivity index (χ0) is 9.73. The molecule has 13 heavy (non-hydrogen) atoms. The summed E-state index contributed by atoms with van der Waals surface area (Å²) in [7, 11) is 0. The molecular formula is C9H16INO2. The number of aliphatic carboxylic acids is 1. The summed E-state index contributed by atoms with van der Waals surface area (Å²) in [6, 6.07) is 0. The summed E-state index contributed by atoms with van der Waals surface area (Å²) < 4.78 is 0.311. The van der Waals surface area contributed by atoms with Gasteiger partial charge >= 0.3 is 5.97 Å². The zero-order valence-electron chi connectivity index (χ0n) is 7.68. The van der Waals surface area contributed by atoms with Crippen LogP contribution >= 0.6 is 22.6 Å². The molecule has 3 nitrogen and oxygen atoms in total. The van der Waals surface area contributed by atoms with E-state index in [9.17, 15) is 4.79 Å². The molecule has 1 aliphatic rings. The average molecular weight is 297 g/mol. The van der Waals surface area contributed by atoms with Gasteiger partial charge in [-0.1, -0.05) is 41.9 Å². The van der Waals surface area contributed by atoms with Gasteiger partial charge in [-0.05, 0) is 12.8 Å². The van der Waals surface area contributed by atoms with E-state index in [2.05, 4.69) is 27.9 Å². The Hall–Kier alpha value is 0.160. The molecule has 4 heteroatoms. The largest absolute Gasteiger partial charge is 0.480 e. The molecule has 0 unspecified atom stereocenters. The number of carboxylic acids is 1. The van der Waals surface area contributed by atoms with E-state index in [-0.39, 0.29) is 6.54 Å². The zero-order valence-corrected chi connectivity index (χ0v) is 9.84. The molecule has 0 bridgehead atoms. The van der Waals surface area contributed by atoms with Gasteiger partial charge in [0, 0.05) is 9.97 Å². The molecule has 1 aliphatic carbocycles. The van der Waals surface area contributed by atoms with Crippen molar-refractivity contribution >= 4 is 28.6 Å². The summed E-state index contributed by atoms with van der Waals surface area (Å²) in [5.74, 6) is -0.768. The summed E-state index contributed by atoms with van der Waals surface area (Å²) in [5, 5.41) is 11.4. The summed E-state index contributed by atoms with van der Waals surface area (Å²) >= 11 is 2.48. The average Bonchev–Trinajstić information content (AvgIpc) is 2.04. The third-order valence-corrected chi connectivity index (χ3v) is 3.93. The van der Waals surface area contributed by atoms with Crippen LogP contribution in [0.15, 0.2) is 0 Å². The predicted octanol–water partition coefficient (Wildman–Crippen LogP) is 1.80. The topological polar surface area (TPSA) is 49.3 Å². The molecule has 0 radical (unpaired) electrons. The summed E-state index contributed by atoms with van der Waals surface area (Å²) in [5.41, 5.74) is 0. The van der Waals surface area contributed by atoms with Gasteiger partial charge in [0.2, 0.25) is 0 Å². The van der Waals surface area contributed by atoms with Crippen molar-refractivity contribution < 1.29 is 9.90 Å². The standard InChI is InChI=1S/C9H16INO2/c10-9(4-2-1-3-5-9)7-11-6-8(12)13/h11H,1-7H2,(H,12,13). The number of hydrogen-bond donors (Lipinski definition) is 2. The van der Waals surface area contributed by atoms with Gasteiger partial charge in [0.25, 0.3) is 0 Å². The van der Waals surface area contributed by atoms with Crippen LogP contribution in [0.2, 0.25) is 0 Å². The van der Waals surface area contributed by atoms with Crippen LogP contribution in [0.4, 0.5) is 0 Å². The summed E-state index contributed by atoms with van der Waals surface area (Å²) in [6.45, 7) is 0.921. The van der Waals surface area contributed by atoms with Crippen LogP contribution in [-0.4, -0.2) is 27.6 Å². The molecule has 0 aromatic heterocycles. The minimum atomic E-state index is -0.768. The van der Waals surface area contributed by atoms with Gasteiger partial charge in [0.1, 0.15) is 0 Å². The quantitative estimate of drug-likeness (QED) is 0.614. The Bertz CT molecular complexity index is 178. The van der Waals surface area contributed by atoms with Crippen LogP contribution in [0.3, 0.4) is 0 Å². The Morgan fingerprint density at radius 2 is 2.00 bits per heavy atom. The van der Waals surface area contributed by atoms with Crippen molar-refractivity contribution in [1.82, 2.24) is 5.32 Å². The van der Waals surface area contributed by atoms with E-state index in [1.807, 2.05) is 0 Å². The lowest BCUT2D eigenvalue weighted by Crippen LogP contribution is -2.38. The third kappa shape index (κ3) is 4.26. The van der Waals surface area contributed by atoms with E-state index in [0.29, 0.717) is 3.42 Å². The minimum absolute atomic E-state index is 0.0880. The van der Waals surface area contributed by atoms with Crippen LogP contribution in [0.25, 0.3) is 0 Å². The summed E-state index contributed by atoms with van der Waals surface area (Å²) in [4.78, 5) is 10.3. The van der Waals surface area contributed by atoms with Crippen molar-refractivity contribution in [3.63, 3.8) is 0 Å². The highest BCUT2D eigenvalue weighted by atomic mass is 127. The highest BCUT2D eigenvalue weighted by Gasteiger charge is 2.28. The molecule has 1 fully saturated rings. The van der Waals surface area contributed by atoms with Crippen molar-refractivity contribution in [3.05, 3.63) is 0 Å². The van der Waals surface area contributed by atoms with Crippen molar-refractivity contribution in [2.24, 2.45) is 0 Å². The second-order valence-electron chi connectivity index (χ2n) is 3.71. The first-order valence-corrected chi connectivity index (χ1v) is 5.82. The molecule has 0 saturated heterocycles. The van der Waals surface area contributed by atoms with Gasteiger partial charge in [0.15, 0.2) is 0 Å². The van der Waals surface area contributed by atoms with Gasteiger partial charge in [-0.2, -0.15) is 0 Å². The van der Waals surface area contributed by atoms with Gasteiger partial charge in [-0.15, -0.1) is 0 Å². The van der Waals surface area contributed by atoms with E-state index >= 15 is 0 Å². The smallest absolute Gasteiger partial charge is 0.317 e. The fraction of sp³-hybridized carbons (Fsp3) is 0.889. The van der Waals surface area contributed by atoms with E-state index in [1.54, 1.807) is 0 Å². The normalized spacial score (nSPS) is 21.3. The molecule has 2 N–H and O–H groups in total. The molecule has 1 saturated carbocycles. The Morgan fingerprint density at radius 3 is 2.54 bits per heavy atom. The van der Waals surface area contributed by atoms with Crippen molar-refractivity contribution in [1.29, 1.82) is 0 Å². The molecule has 1 rings (SSSR count). The van der Waals surface area contributed by atoms with Crippen molar-refractivity contribution in [3.8, 4) is 0 Å². The maximum absolute atomic E-state index is 10.3. The van der Waals surface area contributed by atoms with Gasteiger partial charge in [0.05, 0.1) is 6.54 Å².